The number of thioether (sulfide) groups is 1. The van der Waals surface area contributed by atoms with Gasteiger partial charge in [-0.2, -0.15) is 0 Å². The third-order valence-electron chi connectivity index (χ3n) is 4.98. The summed E-state index contributed by atoms with van der Waals surface area (Å²) in [6.07, 6.45) is 0.881. The number of β-lactam (4-membered cyclic amide) rings is 1. The van der Waals surface area contributed by atoms with Crippen LogP contribution in [-0.4, -0.2) is 49.1 Å². The van der Waals surface area contributed by atoms with Gasteiger partial charge in [-0.05, 0) is 13.0 Å². The van der Waals surface area contributed by atoms with Crippen LogP contribution in [0.15, 0.2) is 46.2 Å². The summed E-state index contributed by atoms with van der Waals surface area (Å²) in [6, 6.07) is 7.21. The Bertz CT molecular complexity index is 958. The zero-order valence-electron chi connectivity index (χ0n) is 14.2. The summed E-state index contributed by atoms with van der Waals surface area (Å²) in [4.78, 5) is 34.8. The molecule has 7 nitrogen and oxygen atoms in total. The fraction of sp³-hybridized carbons (Fsp3) is 0.333. The minimum Gasteiger partial charge on any atom is -0.477 e. The molecule has 3 heterocycles. The fourth-order valence-electron chi connectivity index (χ4n) is 3.76. The van der Waals surface area contributed by atoms with Crippen molar-refractivity contribution in [3.63, 3.8) is 0 Å². The number of nitrogens with zero attached hydrogens (tertiary/aromatic N) is 3. The third kappa shape index (κ3) is 2.40. The zero-order valence-corrected chi connectivity index (χ0v) is 15.0. The number of rotatable bonds is 4. The van der Waals surface area contributed by atoms with Crippen LogP contribution < -0.4 is 0 Å². The number of hydrogen-bond donors (Lipinski definition) is 2. The van der Waals surface area contributed by atoms with Gasteiger partial charge in [0.15, 0.2) is 5.16 Å². The van der Waals surface area contributed by atoms with Crippen molar-refractivity contribution >= 4 is 34.5 Å². The molecule has 26 heavy (non-hydrogen) atoms. The lowest BCUT2D eigenvalue weighted by Crippen LogP contribution is -2.63. The van der Waals surface area contributed by atoms with Gasteiger partial charge in [0.1, 0.15) is 5.70 Å². The molecule has 0 radical (unpaired) electrons. The molecule has 2 aliphatic rings. The van der Waals surface area contributed by atoms with E-state index in [-0.39, 0.29) is 23.6 Å². The number of carboxylic acids is 1. The van der Waals surface area contributed by atoms with Crippen molar-refractivity contribution in [3.05, 3.63) is 41.1 Å². The Labute approximate surface area is 153 Å². The normalized spacial score (nSPS) is 26.0. The molecule has 0 unspecified atom stereocenters. The van der Waals surface area contributed by atoms with Crippen LogP contribution in [0.2, 0.25) is 0 Å². The van der Waals surface area contributed by atoms with Crippen LogP contribution >= 0.6 is 11.8 Å². The maximum Gasteiger partial charge on any atom is 0.353 e. The average Bonchev–Trinajstić information content (AvgIpc) is 2.84. The molecule has 0 aliphatic carbocycles. The number of aliphatic hydroxyl groups is 1. The highest BCUT2D eigenvalue weighted by Crippen LogP contribution is 2.51. The van der Waals surface area contributed by atoms with E-state index in [4.69, 9.17) is 0 Å². The number of aromatic nitrogens is 2. The average molecular weight is 371 g/mol. The molecule has 4 rings (SSSR count). The van der Waals surface area contributed by atoms with Crippen LogP contribution in [-0.2, 0) is 9.59 Å². The Hall–Kier alpha value is -2.45. The van der Waals surface area contributed by atoms with Gasteiger partial charge in [0.2, 0.25) is 5.91 Å². The first-order valence-corrected chi connectivity index (χ1v) is 9.10. The van der Waals surface area contributed by atoms with Gasteiger partial charge in [0, 0.05) is 22.4 Å². The first kappa shape index (κ1) is 17.0. The lowest BCUT2D eigenvalue weighted by atomic mass is 9.79. The summed E-state index contributed by atoms with van der Waals surface area (Å²) in [7, 11) is 0. The number of aliphatic carboxylic acids is 1. The highest BCUT2D eigenvalue weighted by atomic mass is 32.2. The number of aliphatic hydroxyl groups excluding tert-OH is 1. The van der Waals surface area contributed by atoms with Crippen LogP contribution in [0.1, 0.15) is 13.8 Å². The maximum absolute atomic E-state index is 12.3. The number of carbonyl (C=O) groups excluding carboxylic acids is 1. The number of para-hydroxylation sites is 1. The van der Waals surface area contributed by atoms with Crippen LogP contribution in [0, 0.1) is 11.8 Å². The molecule has 1 aromatic carbocycles. The van der Waals surface area contributed by atoms with Gasteiger partial charge in [-0.15, -0.1) is 0 Å². The second-order valence-corrected chi connectivity index (χ2v) is 7.59. The van der Waals surface area contributed by atoms with E-state index in [0.29, 0.717) is 10.1 Å². The van der Waals surface area contributed by atoms with Crippen molar-refractivity contribution in [1.82, 2.24) is 14.9 Å². The van der Waals surface area contributed by atoms with Crippen molar-refractivity contribution < 1.29 is 19.8 Å². The molecule has 134 valence electrons. The fourth-order valence-corrected chi connectivity index (χ4v) is 4.81. The maximum atomic E-state index is 12.3. The molecule has 1 aromatic heterocycles. The summed E-state index contributed by atoms with van der Waals surface area (Å²) < 4.78 is 0. The molecular weight excluding hydrogens is 354 g/mol. The minimum atomic E-state index is -1.15. The SMILES string of the molecule is C[C@@H](O)[C@H]1C(=O)N2C(C(=O)O)=C(Sc3ncc4ccccc4n3)[C@H](C)[C@H]12. The highest BCUT2D eigenvalue weighted by Gasteiger charge is 2.60. The molecule has 0 spiro atoms. The van der Waals surface area contributed by atoms with E-state index in [1.165, 1.54) is 16.7 Å². The standard InChI is InChI=1S/C18H17N3O4S/c1-8-13-12(9(2)22)16(23)21(13)14(17(24)25)15(8)26-18-19-7-10-5-3-4-6-11(10)20-18/h3-9,12-13,22H,1-2H3,(H,24,25)/t8-,9-,12-,13-/m1/s1. The number of amides is 1. The molecular formula is C18H17N3O4S. The van der Waals surface area contributed by atoms with Crippen LogP contribution in [0.4, 0.5) is 0 Å². The number of benzene rings is 1. The summed E-state index contributed by atoms with van der Waals surface area (Å²) in [6.45, 7) is 3.43. The van der Waals surface area contributed by atoms with Gasteiger partial charge >= 0.3 is 5.97 Å². The molecule has 0 bridgehead atoms. The Kier molecular flexibility index (Phi) is 3.96. The molecule has 1 fully saturated rings. The molecule has 1 amide bonds. The third-order valence-corrected chi connectivity index (χ3v) is 6.14. The summed E-state index contributed by atoms with van der Waals surface area (Å²) in [5.74, 6) is -2.28. The van der Waals surface area contributed by atoms with Crippen molar-refractivity contribution in [3.8, 4) is 0 Å². The van der Waals surface area contributed by atoms with Crippen molar-refractivity contribution in [2.45, 2.75) is 31.1 Å². The van der Waals surface area contributed by atoms with Gasteiger partial charge in [-0.25, -0.2) is 14.8 Å². The predicted octanol–water partition coefficient (Wildman–Crippen LogP) is 1.88. The second-order valence-electron chi connectivity index (χ2n) is 6.59. The summed E-state index contributed by atoms with van der Waals surface area (Å²) >= 11 is 1.17. The topological polar surface area (TPSA) is 104 Å². The minimum absolute atomic E-state index is 0.0221. The van der Waals surface area contributed by atoms with Gasteiger partial charge in [0.05, 0.1) is 23.6 Å². The van der Waals surface area contributed by atoms with Gasteiger partial charge < -0.3 is 15.1 Å². The van der Waals surface area contributed by atoms with E-state index in [1.54, 1.807) is 13.1 Å². The largest absolute Gasteiger partial charge is 0.477 e. The predicted molar refractivity (Wildman–Crippen MR) is 95.0 cm³/mol. The van der Waals surface area contributed by atoms with Gasteiger partial charge in [-0.1, -0.05) is 36.9 Å². The highest BCUT2D eigenvalue weighted by molar-refractivity contribution is 8.03. The first-order chi connectivity index (χ1) is 12.4. The Morgan fingerprint density at radius 3 is 2.77 bits per heavy atom. The van der Waals surface area contributed by atoms with E-state index < -0.39 is 18.0 Å². The van der Waals surface area contributed by atoms with E-state index in [9.17, 15) is 19.8 Å². The van der Waals surface area contributed by atoms with Crippen LogP contribution in [0.5, 0.6) is 0 Å². The molecule has 2 aromatic rings. The Morgan fingerprint density at radius 1 is 1.35 bits per heavy atom. The van der Waals surface area contributed by atoms with Gasteiger partial charge in [0.25, 0.3) is 0 Å². The zero-order chi connectivity index (χ0) is 18.6. The van der Waals surface area contributed by atoms with Crippen molar-refractivity contribution in [1.29, 1.82) is 0 Å². The lowest BCUT2D eigenvalue weighted by molar-refractivity contribution is -0.163. The summed E-state index contributed by atoms with van der Waals surface area (Å²) in [5, 5.41) is 20.9. The van der Waals surface area contributed by atoms with Crippen molar-refractivity contribution in [2.75, 3.05) is 0 Å². The Morgan fingerprint density at radius 2 is 2.08 bits per heavy atom. The quantitative estimate of drug-likeness (QED) is 0.625. The van der Waals surface area contributed by atoms with E-state index in [2.05, 4.69) is 9.97 Å². The lowest BCUT2D eigenvalue weighted by Gasteiger charge is -2.46. The van der Waals surface area contributed by atoms with Crippen LogP contribution in [0.3, 0.4) is 0 Å². The number of fused-ring (bicyclic) bond motifs is 2. The van der Waals surface area contributed by atoms with Gasteiger partial charge in [-0.3, -0.25) is 4.79 Å². The Balaban J connectivity index is 1.72. The number of carboxylic acid groups (broad SMARTS) is 1. The van der Waals surface area contributed by atoms with Crippen LogP contribution in [0.25, 0.3) is 10.9 Å². The number of hydrogen-bond acceptors (Lipinski definition) is 6. The molecule has 1 saturated heterocycles. The van der Waals surface area contributed by atoms with E-state index >= 15 is 0 Å². The summed E-state index contributed by atoms with van der Waals surface area (Å²) in [5.41, 5.74) is 0.750. The molecule has 2 N–H and O–H groups in total. The number of carbonyl (C=O) groups is 2. The molecule has 4 atom stereocenters. The monoisotopic (exact) mass is 371 g/mol. The van der Waals surface area contributed by atoms with E-state index in [0.717, 1.165) is 10.9 Å². The second kappa shape index (κ2) is 6.07. The van der Waals surface area contributed by atoms with E-state index in [1.807, 2.05) is 31.2 Å². The molecule has 8 heteroatoms. The molecule has 0 saturated carbocycles. The van der Waals surface area contributed by atoms with Crippen molar-refractivity contribution in [2.24, 2.45) is 11.8 Å². The smallest absolute Gasteiger partial charge is 0.353 e. The first-order valence-electron chi connectivity index (χ1n) is 8.28. The molecule has 2 aliphatic heterocycles.